The molecule has 1 aromatic heterocycles. The number of halogens is 1. The SMILES string of the molecule is C[n+]1ccc(C(C)(C)c2ccc([N+](=O)[O-])cc2)cc1.[I-]. The van der Waals surface area contributed by atoms with Crippen LogP contribution in [0.5, 0.6) is 0 Å². The average Bonchev–Trinajstić information content (AvgIpc) is 2.39. The van der Waals surface area contributed by atoms with E-state index in [0.717, 1.165) is 5.56 Å². The fourth-order valence-corrected chi connectivity index (χ4v) is 2.08. The maximum atomic E-state index is 10.7. The lowest BCUT2D eigenvalue weighted by Crippen LogP contribution is -3.00. The highest BCUT2D eigenvalue weighted by Crippen LogP contribution is 2.31. The van der Waals surface area contributed by atoms with E-state index in [1.165, 1.54) is 5.56 Å². The third-order valence-electron chi connectivity index (χ3n) is 3.50. The van der Waals surface area contributed by atoms with Gasteiger partial charge in [-0.3, -0.25) is 10.1 Å². The van der Waals surface area contributed by atoms with Crippen molar-refractivity contribution >= 4 is 5.69 Å². The van der Waals surface area contributed by atoms with Crippen molar-refractivity contribution < 1.29 is 33.5 Å². The van der Waals surface area contributed by atoms with Crippen LogP contribution in [0.2, 0.25) is 0 Å². The molecule has 1 heterocycles. The van der Waals surface area contributed by atoms with Crippen molar-refractivity contribution in [3.63, 3.8) is 0 Å². The van der Waals surface area contributed by atoms with E-state index in [4.69, 9.17) is 0 Å². The number of hydrogen-bond acceptors (Lipinski definition) is 2. The largest absolute Gasteiger partial charge is 1.00 e. The molecular weight excluding hydrogens is 367 g/mol. The molecule has 2 rings (SSSR count). The minimum absolute atomic E-state index is 0. The van der Waals surface area contributed by atoms with E-state index < -0.39 is 0 Å². The zero-order valence-corrected chi connectivity index (χ0v) is 13.9. The van der Waals surface area contributed by atoms with Crippen LogP contribution < -0.4 is 28.5 Å². The molecule has 0 fully saturated rings. The second-order valence-electron chi connectivity index (χ2n) is 5.18. The Morgan fingerprint density at radius 2 is 1.45 bits per heavy atom. The van der Waals surface area contributed by atoms with Crippen LogP contribution in [0.1, 0.15) is 25.0 Å². The first-order valence-electron chi connectivity index (χ1n) is 6.12. The van der Waals surface area contributed by atoms with Gasteiger partial charge in [-0.1, -0.05) is 26.0 Å². The Bertz CT molecular complexity index is 592. The number of rotatable bonds is 3. The van der Waals surface area contributed by atoms with E-state index in [9.17, 15) is 10.1 Å². The molecule has 0 aliphatic carbocycles. The van der Waals surface area contributed by atoms with Crippen molar-refractivity contribution in [1.82, 2.24) is 0 Å². The molecule has 0 spiro atoms. The maximum absolute atomic E-state index is 10.7. The second-order valence-corrected chi connectivity index (χ2v) is 5.18. The Hall–Kier alpha value is -1.50. The molecular formula is C15H17IN2O2. The summed E-state index contributed by atoms with van der Waals surface area (Å²) in [6.07, 6.45) is 4.00. The van der Waals surface area contributed by atoms with Crippen LogP contribution >= 0.6 is 0 Å². The number of nitro groups is 1. The molecule has 0 atom stereocenters. The van der Waals surface area contributed by atoms with E-state index in [1.54, 1.807) is 12.1 Å². The van der Waals surface area contributed by atoms with Crippen molar-refractivity contribution in [3.8, 4) is 0 Å². The monoisotopic (exact) mass is 384 g/mol. The van der Waals surface area contributed by atoms with E-state index in [1.807, 2.05) is 36.1 Å². The van der Waals surface area contributed by atoms with Crippen molar-refractivity contribution in [2.45, 2.75) is 19.3 Å². The summed E-state index contributed by atoms with van der Waals surface area (Å²) < 4.78 is 1.98. The molecule has 20 heavy (non-hydrogen) atoms. The zero-order valence-electron chi connectivity index (χ0n) is 11.7. The molecule has 2 aromatic rings. The molecule has 0 bridgehead atoms. The van der Waals surface area contributed by atoms with Crippen LogP contribution in [0, 0.1) is 10.1 Å². The minimum atomic E-state index is -0.376. The normalized spacial score (nSPS) is 10.8. The van der Waals surface area contributed by atoms with Crippen LogP contribution in [0.15, 0.2) is 48.8 Å². The summed E-state index contributed by atoms with van der Waals surface area (Å²) in [6, 6.07) is 10.9. The van der Waals surface area contributed by atoms with Gasteiger partial charge in [-0.15, -0.1) is 0 Å². The molecule has 1 aromatic carbocycles. The molecule has 0 N–H and O–H groups in total. The van der Waals surface area contributed by atoms with Crippen LogP contribution in [-0.2, 0) is 12.5 Å². The Morgan fingerprint density at radius 3 is 1.90 bits per heavy atom. The molecule has 0 radical (unpaired) electrons. The predicted octanol–water partition coefficient (Wildman–Crippen LogP) is -0.251. The number of nitro benzene ring substituents is 1. The fourth-order valence-electron chi connectivity index (χ4n) is 2.08. The predicted molar refractivity (Wildman–Crippen MR) is 72.8 cm³/mol. The first kappa shape index (κ1) is 16.6. The van der Waals surface area contributed by atoms with Gasteiger partial charge in [-0.25, -0.2) is 4.57 Å². The summed E-state index contributed by atoms with van der Waals surface area (Å²) in [7, 11) is 1.97. The lowest BCUT2D eigenvalue weighted by molar-refractivity contribution is -0.671. The van der Waals surface area contributed by atoms with Gasteiger partial charge in [0, 0.05) is 29.7 Å². The van der Waals surface area contributed by atoms with Gasteiger partial charge in [0.05, 0.1) is 4.92 Å². The number of aromatic nitrogens is 1. The summed E-state index contributed by atoms with van der Waals surface area (Å²) >= 11 is 0. The van der Waals surface area contributed by atoms with Gasteiger partial charge in [0.2, 0.25) is 0 Å². The quantitative estimate of drug-likeness (QED) is 0.317. The van der Waals surface area contributed by atoms with Crippen molar-refractivity contribution in [3.05, 3.63) is 70.0 Å². The van der Waals surface area contributed by atoms with Gasteiger partial charge in [-0.05, 0) is 11.1 Å². The minimum Gasteiger partial charge on any atom is -1.00 e. The van der Waals surface area contributed by atoms with Crippen molar-refractivity contribution in [2.75, 3.05) is 0 Å². The van der Waals surface area contributed by atoms with Crippen LogP contribution in [-0.4, -0.2) is 4.92 Å². The van der Waals surface area contributed by atoms with Crippen LogP contribution in [0.4, 0.5) is 5.69 Å². The number of pyridine rings is 1. The number of nitrogens with zero attached hydrogens (tertiary/aromatic N) is 2. The third kappa shape index (κ3) is 3.33. The Kier molecular flexibility index (Phi) is 5.21. The van der Waals surface area contributed by atoms with Gasteiger partial charge >= 0.3 is 0 Å². The Balaban J connectivity index is 0.00000200. The van der Waals surface area contributed by atoms with E-state index >= 15 is 0 Å². The Morgan fingerprint density at radius 1 is 1.00 bits per heavy atom. The third-order valence-corrected chi connectivity index (χ3v) is 3.50. The first-order chi connectivity index (χ1) is 8.91. The molecule has 0 saturated carbocycles. The highest BCUT2D eigenvalue weighted by Gasteiger charge is 2.24. The zero-order chi connectivity index (χ0) is 14.0. The number of aryl methyl sites for hydroxylation is 1. The second kappa shape index (κ2) is 6.30. The molecule has 4 nitrogen and oxygen atoms in total. The molecule has 0 amide bonds. The summed E-state index contributed by atoms with van der Waals surface area (Å²) in [6.45, 7) is 4.23. The summed E-state index contributed by atoms with van der Waals surface area (Å²) in [4.78, 5) is 10.3. The molecule has 106 valence electrons. The molecule has 0 aliphatic heterocycles. The smallest absolute Gasteiger partial charge is 0.269 e. The molecule has 0 unspecified atom stereocenters. The number of non-ortho nitro benzene ring substituents is 1. The van der Waals surface area contributed by atoms with Gasteiger partial charge in [0.15, 0.2) is 12.4 Å². The maximum Gasteiger partial charge on any atom is 0.269 e. The first-order valence-corrected chi connectivity index (χ1v) is 6.12. The molecule has 0 aliphatic rings. The van der Waals surface area contributed by atoms with Crippen LogP contribution in [0.25, 0.3) is 0 Å². The summed E-state index contributed by atoms with van der Waals surface area (Å²) in [5.74, 6) is 0. The lowest BCUT2D eigenvalue weighted by atomic mass is 9.78. The van der Waals surface area contributed by atoms with E-state index in [2.05, 4.69) is 26.0 Å². The van der Waals surface area contributed by atoms with Crippen molar-refractivity contribution in [2.24, 2.45) is 7.05 Å². The highest BCUT2D eigenvalue weighted by atomic mass is 127. The standard InChI is InChI=1S/C15H17N2O2.HI/c1-15(2,13-8-10-16(3)11-9-13)12-4-6-14(7-5-12)17(18)19;/h4-11H,1-3H3;1H/q+1;/p-1. The van der Waals surface area contributed by atoms with Crippen LogP contribution in [0.3, 0.4) is 0 Å². The van der Waals surface area contributed by atoms with E-state index in [-0.39, 0.29) is 40.0 Å². The lowest BCUT2D eigenvalue weighted by Gasteiger charge is -2.25. The summed E-state index contributed by atoms with van der Waals surface area (Å²) in [5, 5.41) is 10.7. The molecule has 5 heteroatoms. The van der Waals surface area contributed by atoms with Gasteiger partial charge in [-0.2, -0.15) is 0 Å². The van der Waals surface area contributed by atoms with Gasteiger partial charge in [0.1, 0.15) is 7.05 Å². The van der Waals surface area contributed by atoms with E-state index in [0.29, 0.717) is 0 Å². The summed E-state index contributed by atoms with van der Waals surface area (Å²) in [5.41, 5.74) is 2.19. The number of hydrogen-bond donors (Lipinski definition) is 0. The van der Waals surface area contributed by atoms with Gasteiger partial charge < -0.3 is 24.0 Å². The topological polar surface area (TPSA) is 47.0 Å². The number of benzene rings is 1. The van der Waals surface area contributed by atoms with Gasteiger partial charge in [0.25, 0.3) is 5.69 Å². The Labute approximate surface area is 135 Å². The van der Waals surface area contributed by atoms with Crippen molar-refractivity contribution in [1.29, 1.82) is 0 Å². The fraction of sp³-hybridized carbons (Fsp3) is 0.267. The highest BCUT2D eigenvalue weighted by molar-refractivity contribution is 5.41. The average molecular weight is 384 g/mol. The molecule has 0 saturated heterocycles.